The number of hydrogen-bond donors (Lipinski definition) is 2. The van der Waals surface area contributed by atoms with Gasteiger partial charge in [-0.05, 0) is 48.9 Å². The number of benzene rings is 2. The third kappa shape index (κ3) is 5.61. The van der Waals surface area contributed by atoms with E-state index in [9.17, 15) is 15.0 Å². The third-order valence-electron chi connectivity index (χ3n) is 5.57. The molecular weight excluding hydrogens is 412 g/mol. The van der Waals surface area contributed by atoms with Gasteiger partial charge in [0.25, 0.3) is 0 Å². The fourth-order valence-corrected chi connectivity index (χ4v) is 4.70. The summed E-state index contributed by atoms with van der Waals surface area (Å²) in [7, 11) is 0. The molecular formula is C24H26N2O4S. The number of carbonyl (C=O) groups excluding carboxylic acids is 1. The highest BCUT2D eigenvalue weighted by atomic mass is 32.2. The second kappa shape index (κ2) is 9.92. The first kappa shape index (κ1) is 21.3. The van der Waals surface area contributed by atoms with Gasteiger partial charge in [0.05, 0.1) is 5.75 Å². The first-order chi connectivity index (χ1) is 15.1. The number of oxazole rings is 1. The molecule has 0 spiro atoms. The monoisotopic (exact) mass is 438 g/mol. The van der Waals surface area contributed by atoms with Gasteiger partial charge in [-0.3, -0.25) is 4.79 Å². The normalized spacial score (nSPS) is 14.6. The largest absolute Gasteiger partial charge is 0.508 e. The maximum atomic E-state index is 12.6. The zero-order valence-electron chi connectivity index (χ0n) is 17.2. The van der Waals surface area contributed by atoms with Gasteiger partial charge in [0.2, 0.25) is 11.8 Å². The van der Waals surface area contributed by atoms with Crippen LogP contribution in [-0.2, 0) is 17.0 Å². The minimum Gasteiger partial charge on any atom is -0.508 e. The Kier molecular flexibility index (Phi) is 6.82. The van der Waals surface area contributed by atoms with Crippen molar-refractivity contribution in [2.24, 2.45) is 5.92 Å². The van der Waals surface area contributed by atoms with Crippen LogP contribution in [0.15, 0.2) is 59.0 Å². The van der Waals surface area contributed by atoms with E-state index in [0.717, 1.165) is 32.4 Å². The highest BCUT2D eigenvalue weighted by molar-refractivity contribution is 7.99. The second-order valence-electron chi connectivity index (χ2n) is 7.83. The first-order valence-electron chi connectivity index (χ1n) is 10.5. The molecule has 1 aromatic heterocycles. The van der Waals surface area contributed by atoms with Gasteiger partial charge >= 0.3 is 5.95 Å². The molecule has 0 radical (unpaired) electrons. The van der Waals surface area contributed by atoms with Crippen molar-refractivity contribution < 1.29 is 19.4 Å². The van der Waals surface area contributed by atoms with Crippen molar-refractivity contribution in [2.45, 2.75) is 25.0 Å². The van der Waals surface area contributed by atoms with Crippen LogP contribution in [0.4, 0.5) is 0 Å². The molecule has 1 aliphatic rings. The molecule has 0 atom stereocenters. The van der Waals surface area contributed by atoms with Gasteiger partial charge in [0.15, 0.2) is 0 Å². The quantitative estimate of drug-likeness (QED) is 0.566. The summed E-state index contributed by atoms with van der Waals surface area (Å²) < 4.78 is 5.31. The molecule has 1 aliphatic heterocycles. The van der Waals surface area contributed by atoms with Crippen LogP contribution in [0.25, 0.3) is 11.5 Å². The minimum atomic E-state index is -0.250. The number of phenolic OH excluding ortho intramolecular Hbond substituents is 1. The molecule has 2 heterocycles. The number of rotatable bonds is 7. The van der Waals surface area contributed by atoms with Crippen molar-refractivity contribution in [1.29, 1.82) is 0 Å². The van der Waals surface area contributed by atoms with Gasteiger partial charge < -0.3 is 19.5 Å². The summed E-state index contributed by atoms with van der Waals surface area (Å²) in [5.41, 5.74) is 2.35. The molecule has 0 aliphatic carbocycles. The average Bonchev–Trinajstić information content (AvgIpc) is 3.15. The molecule has 0 bridgehead atoms. The van der Waals surface area contributed by atoms with Crippen molar-refractivity contribution in [1.82, 2.24) is 9.88 Å². The molecule has 3 aromatic rings. The third-order valence-corrected chi connectivity index (χ3v) is 6.50. The Morgan fingerprint density at radius 3 is 2.61 bits per heavy atom. The predicted octanol–water partition coefficient (Wildman–Crippen LogP) is 4.47. The molecule has 162 valence electrons. The highest BCUT2D eigenvalue weighted by Gasteiger charge is 2.23. The SMILES string of the molecule is O=C(CSCc1nc(-c2cccc(O)c2)oc1O)N1CCC(Cc2ccccc2)CC1. The fraction of sp³-hybridized carbons (Fsp3) is 0.333. The Balaban J connectivity index is 1.23. The van der Waals surface area contributed by atoms with E-state index >= 15 is 0 Å². The summed E-state index contributed by atoms with van der Waals surface area (Å²) in [6.07, 6.45) is 3.13. The zero-order valence-corrected chi connectivity index (χ0v) is 18.1. The van der Waals surface area contributed by atoms with Crippen molar-refractivity contribution in [2.75, 3.05) is 18.8 Å². The number of amides is 1. The number of aromatic nitrogens is 1. The van der Waals surface area contributed by atoms with Gasteiger partial charge in [-0.2, -0.15) is 0 Å². The Hall–Kier alpha value is -2.93. The van der Waals surface area contributed by atoms with Gasteiger partial charge in [-0.1, -0.05) is 36.4 Å². The van der Waals surface area contributed by atoms with E-state index in [-0.39, 0.29) is 23.5 Å². The van der Waals surface area contributed by atoms with Crippen molar-refractivity contribution >= 4 is 17.7 Å². The summed E-state index contributed by atoms with van der Waals surface area (Å²) in [6, 6.07) is 17.0. The fourth-order valence-electron chi connectivity index (χ4n) is 3.86. The van der Waals surface area contributed by atoms with Crippen LogP contribution < -0.4 is 0 Å². The molecule has 31 heavy (non-hydrogen) atoms. The number of thioether (sulfide) groups is 1. The van der Waals surface area contributed by atoms with E-state index in [0.29, 0.717) is 28.7 Å². The molecule has 7 heteroatoms. The lowest BCUT2D eigenvalue weighted by Gasteiger charge is -2.32. The number of hydrogen-bond acceptors (Lipinski definition) is 6. The maximum Gasteiger partial charge on any atom is 0.307 e. The van der Waals surface area contributed by atoms with E-state index in [4.69, 9.17) is 4.42 Å². The van der Waals surface area contributed by atoms with E-state index in [1.54, 1.807) is 18.2 Å². The number of nitrogens with zero attached hydrogens (tertiary/aromatic N) is 2. The van der Waals surface area contributed by atoms with Crippen LogP contribution >= 0.6 is 11.8 Å². The molecule has 1 amide bonds. The van der Waals surface area contributed by atoms with Crippen molar-refractivity contribution in [3.05, 3.63) is 65.9 Å². The number of carbonyl (C=O) groups is 1. The van der Waals surface area contributed by atoms with Crippen LogP contribution in [-0.4, -0.2) is 44.8 Å². The molecule has 6 nitrogen and oxygen atoms in total. The molecule has 2 aromatic carbocycles. The summed E-state index contributed by atoms with van der Waals surface area (Å²) in [4.78, 5) is 18.8. The lowest BCUT2D eigenvalue weighted by atomic mass is 9.90. The van der Waals surface area contributed by atoms with Crippen molar-refractivity contribution in [3.8, 4) is 23.1 Å². The van der Waals surface area contributed by atoms with Crippen molar-refractivity contribution in [3.63, 3.8) is 0 Å². The highest BCUT2D eigenvalue weighted by Crippen LogP contribution is 2.30. The summed E-state index contributed by atoms with van der Waals surface area (Å²) in [5, 5.41) is 19.6. The first-order valence-corrected chi connectivity index (χ1v) is 11.6. The van der Waals surface area contributed by atoms with Gasteiger partial charge in [0.1, 0.15) is 11.4 Å². The molecule has 0 unspecified atom stereocenters. The standard InChI is InChI=1S/C24H26N2O4S/c27-20-8-4-7-19(14-20)23-25-21(24(29)30-23)15-31-16-22(28)26-11-9-18(10-12-26)13-17-5-2-1-3-6-17/h1-8,14,18,27,29H,9-13,15-16H2. The summed E-state index contributed by atoms with van der Waals surface area (Å²) >= 11 is 1.41. The van der Waals surface area contributed by atoms with Crippen LogP contribution in [0.1, 0.15) is 24.1 Å². The predicted molar refractivity (Wildman–Crippen MR) is 121 cm³/mol. The minimum absolute atomic E-state index is 0.101. The lowest BCUT2D eigenvalue weighted by molar-refractivity contribution is -0.129. The molecule has 4 rings (SSSR count). The topological polar surface area (TPSA) is 86.8 Å². The van der Waals surface area contributed by atoms with E-state index in [1.165, 1.54) is 23.4 Å². The maximum absolute atomic E-state index is 12.6. The van der Waals surface area contributed by atoms with Crippen LogP contribution in [0.5, 0.6) is 11.7 Å². The molecule has 1 fully saturated rings. The molecule has 1 saturated heterocycles. The smallest absolute Gasteiger partial charge is 0.307 e. The van der Waals surface area contributed by atoms with E-state index in [1.807, 2.05) is 11.0 Å². The second-order valence-corrected chi connectivity index (χ2v) is 8.81. The van der Waals surface area contributed by atoms with Crippen LogP contribution in [0.2, 0.25) is 0 Å². The van der Waals surface area contributed by atoms with Gasteiger partial charge in [0, 0.05) is 24.4 Å². The Bertz CT molecular complexity index is 1010. The zero-order chi connectivity index (χ0) is 21.6. The molecule has 0 saturated carbocycles. The lowest BCUT2D eigenvalue weighted by Crippen LogP contribution is -2.39. The number of phenols is 1. The summed E-state index contributed by atoms with van der Waals surface area (Å²) in [5.74, 6) is 1.57. The van der Waals surface area contributed by atoms with Gasteiger partial charge in [-0.15, -0.1) is 11.8 Å². The average molecular weight is 439 g/mol. The number of likely N-dealkylation sites (tertiary alicyclic amines) is 1. The van der Waals surface area contributed by atoms with Crippen LogP contribution in [0, 0.1) is 5.92 Å². The van der Waals surface area contributed by atoms with E-state index < -0.39 is 0 Å². The molecule has 2 N–H and O–H groups in total. The van der Waals surface area contributed by atoms with E-state index in [2.05, 4.69) is 29.2 Å². The van der Waals surface area contributed by atoms with Crippen LogP contribution in [0.3, 0.4) is 0 Å². The Labute approximate surface area is 185 Å². The Morgan fingerprint density at radius 1 is 1.10 bits per heavy atom. The number of aromatic hydroxyl groups is 2. The number of piperidine rings is 1. The van der Waals surface area contributed by atoms with Gasteiger partial charge in [-0.25, -0.2) is 4.98 Å². The Morgan fingerprint density at radius 2 is 1.87 bits per heavy atom. The summed E-state index contributed by atoms with van der Waals surface area (Å²) in [6.45, 7) is 1.60.